The van der Waals surface area contributed by atoms with Crippen LogP contribution in [0.5, 0.6) is 0 Å². The molecule has 2 fully saturated rings. The third kappa shape index (κ3) is 4.24. The van der Waals surface area contributed by atoms with Crippen LogP contribution in [0.1, 0.15) is 71.1 Å². The molecule has 0 amide bonds. The summed E-state index contributed by atoms with van der Waals surface area (Å²) in [5, 5.41) is 10.3. The number of hydrogen-bond acceptors (Lipinski definition) is 2. The first-order chi connectivity index (χ1) is 8.79. The van der Waals surface area contributed by atoms with Gasteiger partial charge in [-0.15, -0.1) is 0 Å². The average Bonchev–Trinajstić information content (AvgIpc) is 2.90. The first-order valence-corrected chi connectivity index (χ1v) is 8.09. The monoisotopic (exact) mass is 254 g/mol. The van der Waals surface area contributed by atoms with Gasteiger partial charge in [0.05, 0.1) is 12.2 Å². The molecule has 1 heterocycles. The van der Waals surface area contributed by atoms with E-state index < -0.39 is 0 Å². The second kappa shape index (κ2) is 7.49. The van der Waals surface area contributed by atoms with E-state index in [1.807, 2.05) is 0 Å². The smallest absolute Gasteiger partial charge is 0.0577 e. The van der Waals surface area contributed by atoms with Crippen molar-refractivity contribution in [3.63, 3.8) is 0 Å². The van der Waals surface area contributed by atoms with Gasteiger partial charge in [0.15, 0.2) is 0 Å². The Kier molecular flexibility index (Phi) is 5.97. The molecule has 0 radical (unpaired) electrons. The Morgan fingerprint density at radius 1 is 1.11 bits per heavy atom. The van der Waals surface area contributed by atoms with Crippen molar-refractivity contribution in [1.29, 1.82) is 0 Å². The van der Waals surface area contributed by atoms with Gasteiger partial charge in [-0.3, -0.25) is 0 Å². The van der Waals surface area contributed by atoms with Crippen LogP contribution in [0.15, 0.2) is 0 Å². The average molecular weight is 254 g/mol. The van der Waals surface area contributed by atoms with Crippen LogP contribution in [0.3, 0.4) is 0 Å². The van der Waals surface area contributed by atoms with E-state index >= 15 is 0 Å². The highest BCUT2D eigenvalue weighted by molar-refractivity contribution is 4.78. The summed E-state index contributed by atoms with van der Waals surface area (Å²) in [6.07, 6.45) is 12.7. The minimum Gasteiger partial charge on any atom is -0.393 e. The third-order valence-electron chi connectivity index (χ3n) is 4.94. The van der Waals surface area contributed by atoms with Gasteiger partial charge in [0, 0.05) is 6.61 Å². The molecule has 1 N–H and O–H groups in total. The molecule has 2 aliphatic rings. The number of aliphatic hydroxyl groups excluding tert-OH is 1. The Hall–Kier alpha value is -0.0800. The highest BCUT2D eigenvalue weighted by Gasteiger charge is 2.27. The molecule has 106 valence electrons. The van der Waals surface area contributed by atoms with Gasteiger partial charge in [-0.25, -0.2) is 0 Å². The fraction of sp³-hybridized carbons (Fsp3) is 1.00. The lowest BCUT2D eigenvalue weighted by Crippen LogP contribution is -2.26. The lowest BCUT2D eigenvalue weighted by Gasteiger charge is -2.31. The lowest BCUT2D eigenvalue weighted by atomic mass is 9.77. The van der Waals surface area contributed by atoms with Gasteiger partial charge in [0.2, 0.25) is 0 Å². The molecular formula is C16H30O2. The molecule has 1 aliphatic carbocycles. The number of rotatable bonds is 6. The van der Waals surface area contributed by atoms with Crippen LogP contribution in [0.2, 0.25) is 0 Å². The Labute approximate surface area is 112 Å². The Morgan fingerprint density at radius 3 is 2.50 bits per heavy atom. The van der Waals surface area contributed by atoms with Gasteiger partial charge in [0.25, 0.3) is 0 Å². The second-order valence-electron chi connectivity index (χ2n) is 6.35. The molecule has 2 atom stereocenters. The van der Waals surface area contributed by atoms with Crippen LogP contribution in [-0.4, -0.2) is 23.9 Å². The van der Waals surface area contributed by atoms with Crippen molar-refractivity contribution >= 4 is 0 Å². The van der Waals surface area contributed by atoms with Crippen LogP contribution >= 0.6 is 0 Å². The molecule has 0 aromatic rings. The zero-order chi connectivity index (χ0) is 12.8. The Bertz CT molecular complexity index is 215. The maximum absolute atomic E-state index is 10.3. The maximum Gasteiger partial charge on any atom is 0.0577 e. The zero-order valence-corrected chi connectivity index (χ0v) is 11.9. The largest absolute Gasteiger partial charge is 0.393 e. The maximum atomic E-state index is 10.3. The summed E-state index contributed by atoms with van der Waals surface area (Å²) in [5.41, 5.74) is 0. The van der Waals surface area contributed by atoms with Gasteiger partial charge < -0.3 is 9.84 Å². The summed E-state index contributed by atoms with van der Waals surface area (Å²) in [4.78, 5) is 0. The van der Waals surface area contributed by atoms with Gasteiger partial charge in [-0.2, -0.15) is 0 Å². The van der Waals surface area contributed by atoms with Crippen molar-refractivity contribution in [2.45, 2.75) is 83.3 Å². The van der Waals surface area contributed by atoms with Gasteiger partial charge in [-0.05, 0) is 50.4 Å². The van der Waals surface area contributed by atoms with Crippen LogP contribution in [0.25, 0.3) is 0 Å². The number of ether oxygens (including phenoxy) is 1. The molecule has 2 nitrogen and oxygen atoms in total. The van der Waals surface area contributed by atoms with Gasteiger partial charge in [-0.1, -0.05) is 32.6 Å². The second-order valence-corrected chi connectivity index (χ2v) is 6.35. The molecule has 1 saturated carbocycles. The predicted molar refractivity (Wildman–Crippen MR) is 74.6 cm³/mol. The third-order valence-corrected chi connectivity index (χ3v) is 4.94. The van der Waals surface area contributed by atoms with Crippen molar-refractivity contribution in [2.75, 3.05) is 6.61 Å². The lowest BCUT2D eigenvalue weighted by molar-refractivity contribution is 0.0413. The van der Waals surface area contributed by atoms with Gasteiger partial charge in [0.1, 0.15) is 0 Å². The standard InChI is InChI=1S/C16H30O2/c1-2-4-13-6-8-14(9-7-13)16(17)11-10-15-5-3-12-18-15/h13-17H,2-12H2,1H3. The SMILES string of the molecule is CCCC1CCC(C(O)CCC2CCCO2)CC1. The van der Waals surface area contributed by atoms with Crippen molar-refractivity contribution in [3.05, 3.63) is 0 Å². The normalized spacial score (nSPS) is 34.7. The van der Waals surface area contributed by atoms with E-state index in [0.717, 1.165) is 25.4 Å². The van der Waals surface area contributed by atoms with E-state index in [2.05, 4.69) is 6.92 Å². The van der Waals surface area contributed by atoms with E-state index in [0.29, 0.717) is 12.0 Å². The van der Waals surface area contributed by atoms with Crippen LogP contribution in [-0.2, 0) is 4.74 Å². The highest BCUT2D eigenvalue weighted by Crippen LogP contribution is 2.34. The summed E-state index contributed by atoms with van der Waals surface area (Å²) in [5.74, 6) is 1.51. The quantitative estimate of drug-likeness (QED) is 0.778. The fourth-order valence-electron chi connectivity index (χ4n) is 3.73. The predicted octanol–water partition coefficient (Wildman–Crippen LogP) is 3.91. The van der Waals surface area contributed by atoms with E-state index in [9.17, 15) is 5.11 Å². The topological polar surface area (TPSA) is 29.5 Å². The fourth-order valence-corrected chi connectivity index (χ4v) is 3.73. The summed E-state index contributed by atoms with van der Waals surface area (Å²) >= 11 is 0. The molecule has 2 rings (SSSR count). The summed E-state index contributed by atoms with van der Waals surface area (Å²) in [6.45, 7) is 3.21. The van der Waals surface area contributed by atoms with E-state index in [1.165, 1.54) is 51.4 Å². The van der Waals surface area contributed by atoms with Gasteiger partial charge >= 0.3 is 0 Å². The van der Waals surface area contributed by atoms with E-state index in [4.69, 9.17) is 4.74 Å². The first kappa shape index (κ1) is 14.3. The minimum atomic E-state index is -0.0724. The molecular weight excluding hydrogens is 224 g/mol. The molecule has 0 spiro atoms. The summed E-state index contributed by atoms with van der Waals surface area (Å²) in [7, 11) is 0. The van der Waals surface area contributed by atoms with E-state index in [1.54, 1.807) is 0 Å². The van der Waals surface area contributed by atoms with Crippen LogP contribution in [0.4, 0.5) is 0 Å². The number of hydrogen-bond donors (Lipinski definition) is 1. The Balaban J connectivity index is 1.62. The van der Waals surface area contributed by atoms with Crippen molar-refractivity contribution < 1.29 is 9.84 Å². The van der Waals surface area contributed by atoms with Crippen LogP contribution in [0, 0.1) is 11.8 Å². The summed E-state index contributed by atoms with van der Waals surface area (Å²) in [6, 6.07) is 0. The molecule has 0 bridgehead atoms. The highest BCUT2D eigenvalue weighted by atomic mass is 16.5. The molecule has 2 heteroatoms. The van der Waals surface area contributed by atoms with Crippen LogP contribution < -0.4 is 0 Å². The van der Waals surface area contributed by atoms with E-state index in [-0.39, 0.29) is 6.10 Å². The Morgan fingerprint density at radius 2 is 1.89 bits per heavy atom. The zero-order valence-electron chi connectivity index (χ0n) is 11.9. The summed E-state index contributed by atoms with van der Waals surface area (Å²) < 4.78 is 5.63. The molecule has 1 aliphatic heterocycles. The van der Waals surface area contributed by atoms with Crippen molar-refractivity contribution in [2.24, 2.45) is 11.8 Å². The molecule has 18 heavy (non-hydrogen) atoms. The van der Waals surface area contributed by atoms with Crippen molar-refractivity contribution in [3.8, 4) is 0 Å². The number of aliphatic hydroxyl groups is 1. The molecule has 0 aromatic carbocycles. The van der Waals surface area contributed by atoms with Crippen molar-refractivity contribution in [1.82, 2.24) is 0 Å². The molecule has 0 aromatic heterocycles. The minimum absolute atomic E-state index is 0.0724. The molecule has 1 saturated heterocycles. The molecule has 2 unspecified atom stereocenters. The first-order valence-electron chi connectivity index (χ1n) is 8.09.